The molecule has 0 N–H and O–H groups in total. The molecule has 0 aromatic heterocycles. The summed E-state index contributed by atoms with van der Waals surface area (Å²) in [6.07, 6.45) is 0.969. The zero-order valence-corrected chi connectivity index (χ0v) is 14.5. The first-order valence-electron chi connectivity index (χ1n) is 5.71. The van der Waals surface area contributed by atoms with Crippen LogP contribution in [0.15, 0.2) is 42.5 Å². The lowest BCUT2D eigenvalue weighted by Crippen LogP contribution is -1.96. The highest BCUT2D eigenvalue weighted by Gasteiger charge is 2.10. The van der Waals surface area contributed by atoms with Crippen molar-refractivity contribution >= 4 is 50.1 Å². The maximum atomic E-state index is 6.15. The van der Waals surface area contributed by atoms with Crippen molar-refractivity contribution in [1.29, 1.82) is 0 Å². The van der Waals surface area contributed by atoms with Gasteiger partial charge < -0.3 is 0 Å². The standard InChI is InChI=1S/C15H13BrClI/c1-10-2-4-11(5-3-10)8-13(16)12-6-7-15(18)14(17)9-12/h2-7,9,13H,8H2,1H3. The summed E-state index contributed by atoms with van der Waals surface area (Å²) in [7, 11) is 0. The van der Waals surface area contributed by atoms with Gasteiger partial charge in [0.2, 0.25) is 0 Å². The predicted molar refractivity (Wildman–Crippen MR) is 90.7 cm³/mol. The number of benzene rings is 2. The molecule has 0 bridgehead atoms. The lowest BCUT2D eigenvalue weighted by molar-refractivity contribution is 0.947. The minimum absolute atomic E-state index is 0.301. The van der Waals surface area contributed by atoms with Gasteiger partial charge in [0, 0.05) is 8.40 Å². The van der Waals surface area contributed by atoms with Crippen LogP contribution in [0.4, 0.5) is 0 Å². The summed E-state index contributed by atoms with van der Waals surface area (Å²) in [5.74, 6) is 0. The van der Waals surface area contributed by atoms with Crippen LogP contribution in [0.1, 0.15) is 21.5 Å². The number of hydrogen-bond acceptors (Lipinski definition) is 0. The average molecular weight is 436 g/mol. The summed E-state index contributed by atoms with van der Waals surface area (Å²) in [6.45, 7) is 2.11. The van der Waals surface area contributed by atoms with E-state index in [1.807, 2.05) is 6.07 Å². The van der Waals surface area contributed by atoms with Crippen LogP contribution in [0.5, 0.6) is 0 Å². The van der Waals surface area contributed by atoms with Gasteiger partial charge in [-0.25, -0.2) is 0 Å². The van der Waals surface area contributed by atoms with Crippen molar-refractivity contribution in [2.24, 2.45) is 0 Å². The number of halogens is 3. The monoisotopic (exact) mass is 434 g/mol. The van der Waals surface area contributed by atoms with Gasteiger partial charge in [-0.2, -0.15) is 0 Å². The minimum atomic E-state index is 0.301. The van der Waals surface area contributed by atoms with Crippen molar-refractivity contribution in [3.05, 3.63) is 67.7 Å². The lowest BCUT2D eigenvalue weighted by Gasteiger charge is -2.11. The van der Waals surface area contributed by atoms with E-state index in [-0.39, 0.29) is 0 Å². The molecule has 0 aliphatic carbocycles. The molecule has 0 heterocycles. The van der Waals surface area contributed by atoms with Gasteiger partial charge in [-0.05, 0) is 59.2 Å². The van der Waals surface area contributed by atoms with E-state index in [1.54, 1.807) is 0 Å². The Kier molecular flexibility index (Phi) is 5.10. The molecule has 94 valence electrons. The normalized spacial score (nSPS) is 12.4. The second-order valence-corrected chi connectivity index (χ2v) is 7.01. The van der Waals surface area contributed by atoms with Crippen LogP contribution in [0, 0.1) is 10.5 Å². The zero-order chi connectivity index (χ0) is 13.1. The second-order valence-electron chi connectivity index (χ2n) is 4.33. The molecule has 1 unspecified atom stereocenters. The Labute approximate surface area is 135 Å². The fourth-order valence-corrected chi connectivity index (χ4v) is 2.94. The molecular weight excluding hydrogens is 422 g/mol. The highest BCUT2D eigenvalue weighted by Crippen LogP contribution is 2.30. The van der Waals surface area contributed by atoms with Gasteiger partial charge >= 0.3 is 0 Å². The molecule has 0 fully saturated rings. The van der Waals surface area contributed by atoms with E-state index in [9.17, 15) is 0 Å². The molecule has 0 spiro atoms. The number of alkyl halides is 1. The van der Waals surface area contributed by atoms with Crippen molar-refractivity contribution < 1.29 is 0 Å². The highest BCUT2D eigenvalue weighted by molar-refractivity contribution is 14.1. The van der Waals surface area contributed by atoms with Crippen LogP contribution in [-0.4, -0.2) is 0 Å². The SMILES string of the molecule is Cc1ccc(CC(Br)c2ccc(I)c(Cl)c2)cc1. The van der Waals surface area contributed by atoms with Gasteiger partial charge in [0.05, 0.1) is 5.02 Å². The first-order chi connectivity index (χ1) is 8.56. The molecule has 18 heavy (non-hydrogen) atoms. The Morgan fingerprint density at radius 2 is 1.83 bits per heavy atom. The molecule has 0 amide bonds. The summed E-state index contributed by atoms with van der Waals surface area (Å²) in [6, 6.07) is 14.9. The van der Waals surface area contributed by atoms with Crippen molar-refractivity contribution in [2.45, 2.75) is 18.2 Å². The summed E-state index contributed by atoms with van der Waals surface area (Å²) in [4.78, 5) is 0.301. The zero-order valence-electron chi connectivity index (χ0n) is 9.96. The van der Waals surface area contributed by atoms with Gasteiger partial charge in [0.1, 0.15) is 0 Å². The van der Waals surface area contributed by atoms with E-state index < -0.39 is 0 Å². The minimum Gasteiger partial charge on any atom is -0.0835 e. The van der Waals surface area contributed by atoms with Crippen molar-refractivity contribution in [2.75, 3.05) is 0 Å². The van der Waals surface area contributed by atoms with Gasteiger partial charge in [0.25, 0.3) is 0 Å². The summed E-state index contributed by atoms with van der Waals surface area (Å²) in [5, 5.41) is 0.821. The van der Waals surface area contributed by atoms with Gasteiger partial charge in [0.15, 0.2) is 0 Å². The third-order valence-corrected chi connectivity index (χ3v) is 5.27. The highest BCUT2D eigenvalue weighted by atomic mass is 127. The fraction of sp³-hybridized carbons (Fsp3) is 0.200. The van der Waals surface area contributed by atoms with Crippen LogP contribution in [0.2, 0.25) is 5.02 Å². The van der Waals surface area contributed by atoms with Crippen LogP contribution in [-0.2, 0) is 6.42 Å². The van der Waals surface area contributed by atoms with Crippen molar-refractivity contribution in [3.8, 4) is 0 Å². The quantitative estimate of drug-likeness (QED) is 0.414. The average Bonchev–Trinajstić information content (AvgIpc) is 2.35. The number of aryl methyl sites for hydroxylation is 1. The molecule has 0 saturated heterocycles. The molecule has 2 aromatic carbocycles. The second kappa shape index (κ2) is 6.40. The van der Waals surface area contributed by atoms with Crippen LogP contribution in [0.25, 0.3) is 0 Å². The Morgan fingerprint density at radius 3 is 2.44 bits per heavy atom. The Morgan fingerprint density at radius 1 is 1.17 bits per heavy atom. The molecule has 1 atom stereocenters. The third kappa shape index (κ3) is 3.72. The van der Waals surface area contributed by atoms with E-state index in [0.717, 1.165) is 15.0 Å². The molecule has 3 heteroatoms. The number of rotatable bonds is 3. The van der Waals surface area contributed by atoms with Crippen LogP contribution < -0.4 is 0 Å². The third-order valence-electron chi connectivity index (χ3n) is 2.84. The smallest absolute Gasteiger partial charge is 0.0542 e. The molecule has 0 aliphatic heterocycles. The molecule has 0 radical (unpaired) electrons. The van der Waals surface area contributed by atoms with E-state index in [2.05, 4.69) is 81.8 Å². The molecule has 0 aliphatic rings. The number of hydrogen-bond donors (Lipinski definition) is 0. The van der Waals surface area contributed by atoms with E-state index in [1.165, 1.54) is 16.7 Å². The molecule has 2 rings (SSSR count). The largest absolute Gasteiger partial charge is 0.0835 e. The van der Waals surface area contributed by atoms with Gasteiger partial charge in [-0.1, -0.05) is 63.4 Å². The van der Waals surface area contributed by atoms with Crippen LogP contribution >= 0.6 is 50.1 Å². The predicted octanol–water partition coefficient (Wildman–Crippen LogP) is 5.93. The summed E-state index contributed by atoms with van der Waals surface area (Å²) < 4.78 is 1.09. The lowest BCUT2D eigenvalue weighted by atomic mass is 10.0. The Balaban J connectivity index is 2.13. The Bertz CT molecular complexity index is 537. The van der Waals surface area contributed by atoms with Crippen LogP contribution in [0.3, 0.4) is 0 Å². The summed E-state index contributed by atoms with van der Waals surface area (Å²) >= 11 is 12.1. The molecule has 2 aromatic rings. The maximum absolute atomic E-state index is 6.15. The van der Waals surface area contributed by atoms with Gasteiger partial charge in [-0.3, -0.25) is 0 Å². The summed E-state index contributed by atoms with van der Waals surface area (Å²) in [5.41, 5.74) is 3.85. The Hall–Kier alpha value is -0.0600. The molecule has 0 saturated carbocycles. The van der Waals surface area contributed by atoms with Gasteiger partial charge in [-0.15, -0.1) is 0 Å². The molecule has 0 nitrogen and oxygen atoms in total. The topological polar surface area (TPSA) is 0 Å². The van der Waals surface area contributed by atoms with Crippen molar-refractivity contribution in [1.82, 2.24) is 0 Å². The molecular formula is C15H13BrClI. The fourth-order valence-electron chi connectivity index (χ4n) is 1.76. The van der Waals surface area contributed by atoms with E-state index in [4.69, 9.17) is 11.6 Å². The van der Waals surface area contributed by atoms with E-state index in [0.29, 0.717) is 4.83 Å². The maximum Gasteiger partial charge on any atom is 0.0542 e. The first-order valence-corrected chi connectivity index (χ1v) is 8.08. The first kappa shape index (κ1) is 14.4. The van der Waals surface area contributed by atoms with E-state index >= 15 is 0 Å². The van der Waals surface area contributed by atoms with Crippen molar-refractivity contribution in [3.63, 3.8) is 0 Å².